The van der Waals surface area contributed by atoms with Crippen LogP contribution in [0.4, 0.5) is 0 Å². The zero-order chi connectivity index (χ0) is 9.14. The second-order valence-corrected chi connectivity index (χ2v) is 3.01. The van der Waals surface area contributed by atoms with E-state index < -0.39 is 4.92 Å². The lowest BCUT2D eigenvalue weighted by Crippen LogP contribution is -2.28. The van der Waals surface area contributed by atoms with Crippen LogP contribution in [-0.4, -0.2) is 29.0 Å². The van der Waals surface area contributed by atoms with E-state index >= 15 is 0 Å². The lowest BCUT2D eigenvalue weighted by molar-refractivity contribution is -0.404. The lowest BCUT2D eigenvalue weighted by Gasteiger charge is -2.21. The second kappa shape index (κ2) is 3.42. The summed E-state index contributed by atoms with van der Waals surface area (Å²) in [5.41, 5.74) is 0. The van der Waals surface area contributed by atoms with E-state index in [1.807, 2.05) is 18.7 Å². The Morgan fingerprint density at radius 1 is 1.75 bits per heavy atom. The molecule has 1 aliphatic heterocycles. The molecule has 0 aliphatic carbocycles. The first-order valence-corrected chi connectivity index (χ1v) is 3.97. The van der Waals surface area contributed by atoms with Crippen molar-refractivity contribution in [2.24, 2.45) is 0 Å². The first-order chi connectivity index (χ1) is 5.61. The topological polar surface area (TPSA) is 58.4 Å². The van der Waals surface area contributed by atoms with Crippen LogP contribution < -0.4 is 5.32 Å². The molecule has 0 bridgehead atoms. The SMILES string of the molecule is CC(C)N1CCNC1=C[N+](=O)[O-]. The normalized spacial score (nSPS) is 20.2. The van der Waals surface area contributed by atoms with Gasteiger partial charge in [0.25, 0.3) is 6.20 Å². The van der Waals surface area contributed by atoms with E-state index in [1.54, 1.807) is 0 Å². The van der Waals surface area contributed by atoms with Crippen molar-refractivity contribution in [3.8, 4) is 0 Å². The molecule has 0 aromatic carbocycles. The highest BCUT2D eigenvalue weighted by atomic mass is 16.6. The largest absolute Gasteiger partial charge is 0.365 e. The maximum absolute atomic E-state index is 10.2. The van der Waals surface area contributed by atoms with Crippen LogP contribution in [0.2, 0.25) is 0 Å². The third-order valence-corrected chi connectivity index (χ3v) is 1.82. The zero-order valence-corrected chi connectivity index (χ0v) is 7.28. The van der Waals surface area contributed by atoms with Crippen LogP contribution in [0.25, 0.3) is 0 Å². The summed E-state index contributed by atoms with van der Waals surface area (Å²) in [6.45, 7) is 5.66. The molecule has 0 amide bonds. The summed E-state index contributed by atoms with van der Waals surface area (Å²) in [5.74, 6) is 0.620. The van der Waals surface area contributed by atoms with Crippen molar-refractivity contribution in [2.45, 2.75) is 19.9 Å². The number of nitrogens with zero attached hydrogens (tertiary/aromatic N) is 2. The Morgan fingerprint density at radius 2 is 2.42 bits per heavy atom. The maximum atomic E-state index is 10.2. The van der Waals surface area contributed by atoms with Gasteiger partial charge in [0.2, 0.25) is 0 Å². The Morgan fingerprint density at radius 3 is 2.92 bits per heavy atom. The quantitative estimate of drug-likeness (QED) is 0.482. The highest BCUT2D eigenvalue weighted by Gasteiger charge is 2.21. The number of nitro groups is 1. The molecule has 0 aromatic rings. The molecule has 5 nitrogen and oxygen atoms in total. The number of nitrogens with one attached hydrogen (secondary N) is 1. The molecule has 5 heteroatoms. The number of hydrogen-bond acceptors (Lipinski definition) is 4. The van der Waals surface area contributed by atoms with Crippen molar-refractivity contribution < 1.29 is 4.92 Å². The van der Waals surface area contributed by atoms with Gasteiger partial charge in [-0.15, -0.1) is 0 Å². The van der Waals surface area contributed by atoms with Crippen molar-refractivity contribution in [3.63, 3.8) is 0 Å². The summed E-state index contributed by atoms with van der Waals surface area (Å²) in [6, 6.07) is 0.311. The minimum atomic E-state index is -0.428. The Bertz CT molecular complexity index is 213. The van der Waals surface area contributed by atoms with E-state index in [0.717, 1.165) is 19.3 Å². The van der Waals surface area contributed by atoms with Gasteiger partial charge in [0.1, 0.15) is 0 Å². The molecule has 0 spiro atoms. The molecular formula is C7H13N3O2. The average molecular weight is 171 g/mol. The molecule has 68 valence electrons. The standard InChI is InChI=1S/C7H13N3O2/c1-6(2)9-4-3-8-7(9)5-10(11)12/h5-6,8H,3-4H2,1-2H3. The minimum absolute atomic E-state index is 0.311. The van der Waals surface area contributed by atoms with Crippen LogP contribution in [0.3, 0.4) is 0 Å². The van der Waals surface area contributed by atoms with Crippen molar-refractivity contribution >= 4 is 0 Å². The van der Waals surface area contributed by atoms with Crippen LogP contribution in [0.5, 0.6) is 0 Å². The van der Waals surface area contributed by atoms with Gasteiger partial charge in [-0.2, -0.15) is 0 Å². The van der Waals surface area contributed by atoms with E-state index in [2.05, 4.69) is 5.32 Å². The van der Waals surface area contributed by atoms with Gasteiger partial charge in [0, 0.05) is 19.1 Å². The van der Waals surface area contributed by atoms with Gasteiger partial charge in [-0.25, -0.2) is 0 Å². The molecule has 0 radical (unpaired) electrons. The summed E-state index contributed by atoms with van der Waals surface area (Å²) in [4.78, 5) is 11.7. The van der Waals surface area contributed by atoms with Crippen LogP contribution in [-0.2, 0) is 0 Å². The second-order valence-electron chi connectivity index (χ2n) is 3.01. The highest BCUT2D eigenvalue weighted by molar-refractivity contribution is 5.01. The molecule has 0 atom stereocenters. The van der Waals surface area contributed by atoms with Crippen molar-refractivity contribution in [2.75, 3.05) is 13.1 Å². The van der Waals surface area contributed by atoms with E-state index in [9.17, 15) is 10.1 Å². The summed E-state index contributed by atoms with van der Waals surface area (Å²) >= 11 is 0. The molecule has 0 saturated carbocycles. The fourth-order valence-corrected chi connectivity index (χ4v) is 1.28. The van der Waals surface area contributed by atoms with Crippen LogP contribution in [0, 0.1) is 10.1 Å². The van der Waals surface area contributed by atoms with E-state index in [1.165, 1.54) is 0 Å². The number of rotatable bonds is 2. The fraction of sp³-hybridized carbons (Fsp3) is 0.714. The lowest BCUT2D eigenvalue weighted by atomic mass is 10.3. The molecular weight excluding hydrogens is 158 g/mol. The van der Waals surface area contributed by atoms with E-state index in [4.69, 9.17) is 0 Å². The minimum Gasteiger partial charge on any atom is -0.365 e. The predicted octanol–water partition coefficient (Wildman–Crippen LogP) is 0.376. The van der Waals surface area contributed by atoms with Crippen molar-refractivity contribution in [1.29, 1.82) is 0 Å². The summed E-state index contributed by atoms with van der Waals surface area (Å²) in [7, 11) is 0. The molecule has 1 saturated heterocycles. The molecule has 0 unspecified atom stereocenters. The van der Waals surface area contributed by atoms with E-state index in [0.29, 0.717) is 11.9 Å². The Hall–Kier alpha value is -1.26. The Labute approximate surface area is 71.2 Å². The molecule has 1 fully saturated rings. The van der Waals surface area contributed by atoms with Crippen LogP contribution >= 0.6 is 0 Å². The average Bonchev–Trinajstić information content (AvgIpc) is 2.33. The molecule has 12 heavy (non-hydrogen) atoms. The fourth-order valence-electron chi connectivity index (χ4n) is 1.28. The van der Waals surface area contributed by atoms with Gasteiger partial charge in [-0.1, -0.05) is 0 Å². The van der Waals surface area contributed by atoms with Crippen LogP contribution in [0.15, 0.2) is 12.0 Å². The van der Waals surface area contributed by atoms with Gasteiger partial charge in [-0.05, 0) is 13.8 Å². The van der Waals surface area contributed by atoms with Crippen molar-refractivity contribution in [1.82, 2.24) is 10.2 Å². The van der Waals surface area contributed by atoms with Gasteiger partial charge in [-0.3, -0.25) is 10.1 Å². The Balaban J connectivity index is 2.70. The predicted molar refractivity (Wildman–Crippen MR) is 44.9 cm³/mol. The van der Waals surface area contributed by atoms with Crippen LogP contribution in [0.1, 0.15) is 13.8 Å². The van der Waals surface area contributed by atoms with Gasteiger partial charge in [0.05, 0.1) is 4.92 Å². The summed E-state index contributed by atoms with van der Waals surface area (Å²) < 4.78 is 0. The zero-order valence-electron chi connectivity index (χ0n) is 7.28. The number of hydrogen-bond donors (Lipinski definition) is 1. The summed E-state index contributed by atoms with van der Waals surface area (Å²) in [5, 5.41) is 13.2. The summed E-state index contributed by atoms with van der Waals surface area (Å²) in [6.07, 6.45) is 1.02. The molecule has 1 heterocycles. The molecule has 0 aromatic heterocycles. The van der Waals surface area contributed by atoms with Gasteiger partial charge in [0.15, 0.2) is 5.82 Å². The van der Waals surface area contributed by atoms with E-state index in [-0.39, 0.29) is 0 Å². The third-order valence-electron chi connectivity index (χ3n) is 1.82. The highest BCUT2D eigenvalue weighted by Crippen LogP contribution is 2.10. The third kappa shape index (κ3) is 1.87. The Kier molecular flexibility index (Phi) is 2.52. The van der Waals surface area contributed by atoms with Crippen molar-refractivity contribution in [3.05, 3.63) is 22.1 Å². The molecule has 1 aliphatic rings. The maximum Gasteiger partial charge on any atom is 0.274 e. The molecule has 1 rings (SSSR count). The monoisotopic (exact) mass is 171 g/mol. The van der Waals surface area contributed by atoms with Gasteiger partial charge < -0.3 is 10.2 Å². The van der Waals surface area contributed by atoms with Gasteiger partial charge >= 0.3 is 0 Å². The first-order valence-electron chi connectivity index (χ1n) is 3.97. The molecule has 1 N–H and O–H groups in total. The first kappa shape index (κ1) is 8.83. The smallest absolute Gasteiger partial charge is 0.274 e.